The van der Waals surface area contributed by atoms with Gasteiger partial charge in [0.1, 0.15) is 5.52 Å². The minimum Gasteiger partial charge on any atom is -0.265 e. The number of nitrogens with zero attached hydrogens (tertiary/aromatic N) is 4. The summed E-state index contributed by atoms with van der Waals surface area (Å²) in [5.74, 6) is 0. The van der Waals surface area contributed by atoms with Crippen molar-refractivity contribution >= 4 is 16.6 Å². The summed E-state index contributed by atoms with van der Waals surface area (Å²) in [6.45, 7) is 0. The van der Waals surface area contributed by atoms with Crippen molar-refractivity contribution in [1.29, 1.82) is 0 Å². The summed E-state index contributed by atoms with van der Waals surface area (Å²) in [4.78, 5) is 12.1. The van der Waals surface area contributed by atoms with Crippen LogP contribution in [-0.2, 0) is 0 Å². The van der Waals surface area contributed by atoms with E-state index < -0.39 is 0 Å². The molecule has 0 bridgehead atoms. The molecule has 3 aromatic rings. The highest BCUT2D eigenvalue weighted by atomic mass is 16.1. The van der Waals surface area contributed by atoms with Gasteiger partial charge in [-0.25, -0.2) is 4.52 Å². The smallest absolute Gasteiger partial charge is 0.265 e. The first-order valence-electron chi connectivity index (χ1n) is 5.72. The first-order valence-corrected chi connectivity index (χ1v) is 5.72. The average Bonchev–Trinajstić information content (AvgIpc) is 2.89. The van der Waals surface area contributed by atoms with Crippen molar-refractivity contribution in [3.8, 4) is 0 Å². The SMILES string of the molecule is O=c1c2ccnn2c(=C2CCC2)c2ccnn12. The zero-order valence-corrected chi connectivity index (χ0v) is 9.13. The molecule has 1 fully saturated rings. The fourth-order valence-electron chi connectivity index (χ4n) is 2.43. The Labute approximate surface area is 96.0 Å². The van der Waals surface area contributed by atoms with Gasteiger partial charge in [0.2, 0.25) is 0 Å². The summed E-state index contributed by atoms with van der Waals surface area (Å²) in [5, 5.41) is 9.42. The van der Waals surface area contributed by atoms with Gasteiger partial charge >= 0.3 is 0 Å². The van der Waals surface area contributed by atoms with E-state index in [-0.39, 0.29) is 5.56 Å². The van der Waals surface area contributed by atoms with E-state index in [0.717, 1.165) is 23.7 Å². The fourth-order valence-corrected chi connectivity index (χ4v) is 2.43. The predicted octanol–water partition coefficient (Wildman–Crippen LogP) is 0.396. The van der Waals surface area contributed by atoms with Gasteiger partial charge in [-0.1, -0.05) is 0 Å². The Morgan fingerprint density at radius 1 is 1.00 bits per heavy atom. The van der Waals surface area contributed by atoms with Crippen LogP contribution in [0.15, 0.2) is 29.3 Å². The van der Waals surface area contributed by atoms with E-state index in [9.17, 15) is 4.79 Å². The minimum absolute atomic E-state index is 0.105. The highest BCUT2D eigenvalue weighted by molar-refractivity contribution is 5.62. The van der Waals surface area contributed by atoms with Crippen molar-refractivity contribution in [1.82, 2.24) is 19.2 Å². The lowest BCUT2D eigenvalue weighted by molar-refractivity contribution is 0.733. The van der Waals surface area contributed by atoms with E-state index in [4.69, 9.17) is 0 Å². The third-order valence-electron chi connectivity index (χ3n) is 3.44. The molecule has 1 aliphatic rings. The Kier molecular flexibility index (Phi) is 1.54. The summed E-state index contributed by atoms with van der Waals surface area (Å²) in [6, 6.07) is 3.62. The number of hydrogen-bond donors (Lipinski definition) is 0. The molecule has 3 heterocycles. The second kappa shape index (κ2) is 2.94. The van der Waals surface area contributed by atoms with Crippen LogP contribution in [-0.4, -0.2) is 19.2 Å². The molecule has 5 nitrogen and oxygen atoms in total. The van der Waals surface area contributed by atoms with Crippen LogP contribution in [0.2, 0.25) is 0 Å². The molecule has 0 aromatic carbocycles. The molecule has 0 saturated heterocycles. The van der Waals surface area contributed by atoms with Crippen LogP contribution < -0.4 is 10.9 Å². The molecule has 0 N–H and O–H groups in total. The molecule has 0 radical (unpaired) electrons. The number of fused-ring (bicyclic) bond motifs is 2. The molecule has 0 spiro atoms. The molecule has 0 unspecified atom stereocenters. The summed E-state index contributed by atoms with van der Waals surface area (Å²) in [7, 11) is 0. The van der Waals surface area contributed by atoms with Crippen LogP contribution in [0, 0.1) is 0 Å². The first-order chi connectivity index (χ1) is 8.36. The van der Waals surface area contributed by atoms with Gasteiger partial charge in [-0.3, -0.25) is 4.79 Å². The van der Waals surface area contributed by atoms with Crippen molar-refractivity contribution < 1.29 is 0 Å². The molecule has 17 heavy (non-hydrogen) atoms. The molecule has 1 saturated carbocycles. The maximum absolute atomic E-state index is 12.1. The quantitative estimate of drug-likeness (QED) is 0.557. The Morgan fingerprint density at radius 2 is 1.71 bits per heavy atom. The molecule has 5 heteroatoms. The van der Waals surface area contributed by atoms with Gasteiger partial charge in [0.25, 0.3) is 5.56 Å². The van der Waals surface area contributed by atoms with E-state index in [0.29, 0.717) is 5.52 Å². The highest BCUT2D eigenvalue weighted by Gasteiger charge is 2.16. The lowest BCUT2D eigenvalue weighted by Gasteiger charge is -2.16. The van der Waals surface area contributed by atoms with E-state index in [1.54, 1.807) is 23.0 Å². The van der Waals surface area contributed by atoms with Gasteiger partial charge in [0.05, 0.1) is 23.3 Å². The van der Waals surface area contributed by atoms with Crippen LogP contribution in [0.5, 0.6) is 0 Å². The molecule has 0 atom stereocenters. The molecule has 84 valence electrons. The van der Waals surface area contributed by atoms with Crippen LogP contribution >= 0.6 is 0 Å². The molecule has 3 aromatic heterocycles. The third kappa shape index (κ3) is 1.01. The standard InChI is InChI=1S/C12H10N4O/c17-12-10-5-7-13-15(10)11(8-2-1-3-8)9-4-6-14-16(9)12/h4-7H,1-3H2. The molecule has 4 rings (SSSR count). The third-order valence-corrected chi connectivity index (χ3v) is 3.44. The Morgan fingerprint density at radius 3 is 2.41 bits per heavy atom. The lowest BCUT2D eigenvalue weighted by atomic mass is 9.92. The summed E-state index contributed by atoms with van der Waals surface area (Å²) >= 11 is 0. The van der Waals surface area contributed by atoms with Gasteiger partial charge in [-0.2, -0.15) is 14.7 Å². The number of rotatable bonds is 0. The van der Waals surface area contributed by atoms with Gasteiger partial charge in [-0.15, -0.1) is 0 Å². The second-order valence-electron chi connectivity index (χ2n) is 4.37. The van der Waals surface area contributed by atoms with Crippen molar-refractivity contribution in [2.75, 3.05) is 0 Å². The van der Waals surface area contributed by atoms with Crippen LogP contribution in [0.1, 0.15) is 19.3 Å². The van der Waals surface area contributed by atoms with Gasteiger partial charge < -0.3 is 0 Å². The van der Waals surface area contributed by atoms with Crippen molar-refractivity contribution in [2.45, 2.75) is 19.3 Å². The van der Waals surface area contributed by atoms with Gasteiger partial charge in [0.15, 0.2) is 0 Å². The van der Waals surface area contributed by atoms with E-state index in [2.05, 4.69) is 10.2 Å². The molecular formula is C12H10N4O. The normalized spacial score (nSPS) is 15.6. The van der Waals surface area contributed by atoms with E-state index in [1.807, 2.05) is 6.07 Å². The molecule has 1 aliphatic carbocycles. The number of hydrogen-bond acceptors (Lipinski definition) is 3. The van der Waals surface area contributed by atoms with Gasteiger partial charge in [-0.05, 0) is 37.0 Å². The summed E-state index contributed by atoms with van der Waals surface area (Å²) in [5.41, 5.74) is 2.71. The zero-order chi connectivity index (χ0) is 11.4. The van der Waals surface area contributed by atoms with E-state index >= 15 is 0 Å². The second-order valence-corrected chi connectivity index (χ2v) is 4.37. The van der Waals surface area contributed by atoms with Crippen LogP contribution in [0.3, 0.4) is 0 Å². The molecule has 0 amide bonds. The highest BCUT2D eigenvalue weighted by Crippen LogP contribution is 2.25. The van der Waals surface area contributed by atoms with Crippen molar-refractivity contribution in [2.24, 2.45) is 0 Å². The maximum atomic E-state index is 12.1. The van der Waals surface area contributed by atoms with Crippen molar-refractivity contribution in [3.63, 3.8) is 0 Å². The Hall–Kier alpha value is -2.17. The monoisotopic (exact) mass is 226 g/mol. The summed E-state index contributed by atoms with van der Waals surface area (Å²) < 4.78 is 3.23. The van der Waals surface area contributed by atoms with Gasteiger partial charge in [0, 0.05) is 0 Å². The molecule has 0 aliphatic heterocycles. The average molecular weight is 226 g/mol. The number of aromatic nitrogens is 4. The maximum Gasteiger partial charge on any atom is 0.297 e. The molecular weight excluding hydrogens is 216 g/mol. The van der Waals surface area contributed by atoms with E-state index in [1.165, 1.54) is 16.5 Å². The summed E-state index contributed by atoms with van der Waals surface area (Å²) in [6.07, 6.45) is 6.73. The van der Waals surface area contributed by atoms with Crippen molar-refractivity contribution in [3.05, 3.63) is 40.2 Å². The largest absolute Gasteiger partial charge is 0.297 e. The van der Waals surface area contributed by atoms with Crippen LogP contribution in [0.25, 0.3) is 16.6 Å². The fraction of sp³-hybridized carbons (Fsp3) is 0.250. The minimum atomic E-state index is -0.105. The first kappa shape index (κ1) is 8.92. The lowest BCUT2D eigenvalue weighted by Crippen LogP contribution is -2.30. The van der Waals surface area contributed by atoms with Crippen LogP contribution in [0.4, 0.5) is 0 Å². The zero-order valence-electron chi connectivity index (χ0n) is 9.13. The Bertz CT molecular complexity index is 779. The Balaban J connectivity index is 2.43. The predicted molar refractivity (Wildman–Crippen MR) is 62.7 cm³/mol. The topological polar surface area (TPSA) is 51.7 Å².